The Morgan fingerprint density at radius 3 is 2.63 bits per heavy atom. The summed E-state index contributed by atoms with van der Waals surface area (Å²) in [5, 5.41) is 3.35. The number of nitrogens with one attached hydrogen (secondary N) is 1. The van der Waals surface area contributed by atoms with E-state index in [1.807, 2.05) is 32.2 Å². The van der Waals surface area contributed by atoms with Gasteiger partial charge in [-0.25, -0.2) is 0 Å². The largest absolute Gasteiger partial charge is 0.384 e. The minimum absolute atomic E-state index is 0.0901. The van der Waals surface area contributed by atoms with Gasteiger partial charge in [-0.2, -0.15) is 0 Å². The number of benzene rings is 1. The van der Waals surface area contributed by atoms with Crippen molar-refractivity contribution in [3.63, 3.8) is 0 Å². The van der Waals surface area contributed by atoms with Crippen LogP contribution in [0.3, 0.4) is 0 Å². The molecule has 19 heavy (non-hydrogen) atoms. The Bertz CT molecular complexity index is 427. The fourth-order valence-corrected chi connectivity index (χ4v) is 2.09. The van der Waals surface area contributed by atoms with Crippen molar-refractivity contribution < 1.29 is 4.79 Å². The van der Waals surface area contributed by atoms with Crippen molar-refractivity contribution in [2.75, 3.05) is 25.5 Å². The van der Waals surface area contributed by atoms with Crippen molar-refractivity contribution in [2.45, 2.75) is 34.1 Å². The van der Waals surface area contributed by atoms with E-state index in [4.69, 9.17) is 0 Å². The molecule has 0 bridgehead atoms. The van der Waals surface area contributed by atoms with Crippen LogP contribution in [0.5, 0.6) is 0 Å². The lowest BCUT2D eigenvalue weighted by Crippen LogP contribution is -2.30. The number of carbonyl (C=O) groups is 1. The number of nitrogens with zero attached hydrogens (tertiary/aromatic N) is 1. The van der Waals surface area contributed by atoms with Gasteiger partial charge in [-0.05, 0) is 37.0 Å². The molecule has 0 aliphatic carbocycles. The first-order valence-electron chi connectivity index (χ1n) is 7.05. The molecule has 0 radical (unpaired) electrons. The van der Waals surface area contributed by atoms with Crippen LogP contribution in [-0.2, 0) is 0 Å². The second-order valence-corrected chi connectivity index (χ2v) is 5.56. The summed E-state index contributed by atoms with van der Waals surface area (Å²) < 4.78 is 0. The number of hydrogen-bond acceptors (Lipinski definition) is 2. The molecule has 0 atom stereocenters. The quantitative estimate of drug-likeness (QED) is 0.850. The fraction of sp³-hybridized carbons (Fsp3) is 0.562. The smallest absolute Gasteiger partial charge is 0.255 e. The van der Waals surface area contributed by atoms with Crippen molar-refractivity contribution >= 4 is 11.6 Å². The zero-order valence-electron chi connectivity index (χ0n) is 12.8. The molecule has 0 fully saturated rings. The summed E-state index contributed by atoms with van der Waals surface area (Å²) in [6.07, 6.45) is 1.05. The lowest BCUT2D eigenvalue weighted by Gasteiger charge is -2.21. The Labute approximate surface area is 117 Å². The number of amides is 1. The molecule has 0 aliphatic heterocycles. The van der Waals surface area contributed by atoms with Crippen LogP contribution in [0.4, 0.5) is 5.69 Å². The molecule has 1 aromatic rings. The minimum atomic E-state index is 0.0901. The second-order valence-electron chi connectivity index (χ2n) is 5.56. The van der Waals surface area contributed by atoms with E-state index in [2.05, 4.69) is 26.1 Å². The van der Waals surface area contributed by atoms with Gasteiger partial charge in [0.2, 0.25) is 0 Å². The first kappa shape index (κ1) is 15.5. The van der Waals surface area contributed by atoms with Crippen LogP contribution in [-0.4, -0.2) is 30.9 Å². The summed E-state index contributed by atoms with van der Waals surface area (Å²) in [6.45, 7) is 10.1. The predicted octanol–water partition coefficient (Wildman–Crippen LogP) is 3.54. The van der Waals surface area contributed by atoms with Crippen LogP contribution in [0.25, 0.3) is 0 Å². The van der Waals surface area contributed by atoms with Crippen LogP contribution in [0.1, 0.15) is 43.1 Å². The van der Waals surface area contributed by atoms with Crippen LogP contribution in [0.2, 0.25) is 0 Å². The lowest BCUT2D eigenvalue weighted by atomic mass is 10.1. The van der Waals surface area contributed by atoms with Crippen molar-refractivity contribution in [2.24, 2.45) is 5.92 Å². The Morgan fingerprint density at radius 2 is 2.05 bits per heavy atom. The molecule has 0 unspecified atom stereocenters. The van der Waals surface area contributed by atoms with Gasteiger partial charge < -0.3 is 10.2 Å². The van der Waals surface area contributed by atoms with Gasteiger partial charge in [0.15, 0.2) is 0 Å². The number of rotatable bonds is 6. The molecule has 0 spiro atoms. The molecular formula is C16H26N2O. The average Bonchev–Trinajstić information content (AvgIpc) is 2.34. The molecule has 0 heterocycles. The van der Waals surface area contributed by atoms with E-state index in [0.717, 1.165) is 30.8 Å². The predicted molar refractivity (Wildman–Crippen MR) is 81.8 cm³/mol. The molecular weight excluding hydrogens is 236 g/mol. The third-order valence-corrected chi connectivity index (χ3v) is 2.96. The van der Waals surface area contributed by atoms with Crippen LogP contribution in [0.15, 0.2) is 18.2 Å². The highest BCUT2D eigenvalue weighted by Gasteiger charge is 2.16. The maximum Gasteiger partial charge on any atom is 0.255 e. The highest BCUT2D eigenvalue weighted by molar-refractivity contribution is 5.99. The zero-order chi connectivity index (χ0) is 14.4. The van der Waals surface area contributed by atoms with Gasteiger partial charge in [-0.15, -0.1) is 0 Å². The molecule has 0 aromatic heterocycles. The zero-order valence-corrected chi connectivity index (χ0v) is 12.8. The normalized spacial score (nSPS) is 10.6. The molecule has 1 aromatic carbocycles. The Balaban J connectivity index is 2.94. The molecule has 106 valence electrons. The summed E-state index contributed by atoms with van der Waals surface area (Å²) >= 11 is 0. The van der Waals surface area contributed by atoms with Gasteiger partial charge >= 0.3 is 0 Å². The van der Waals surface area contributed by atoms with Crippen LogP contribution in [0, 0.1) is 12.8 Å². The third kappa shape index (κ3) is 4.58. The second kappa shape index (κ2) is 7.17. The van der Waals surface area contributed by atoms with Crippen LogP contribution >= 0.6 is 0 Å². The monoisotopic (exact) mass is 262 g/mol. The Hall–Kier alpha value is -1.51. The van der Waals surface area contributed by atoms with Crippen molar-refractivity contribution in [1.29, 1.82) is 0 Å². The highest BCUT2D eigenvalue weighted by atomic mass is 16.2. The SMILES string of the molecule is CCCNc1cc(C)ccc1C(=O)N(C)CC(C)C. The molecule has 0 aliphatic rings. The fourth-order valence-electron chi connectivity index (χ4n) is 2.09. The highest BCUT2D eigenvalue weighted by Crippen LogP contribution is 2.19. The van der Waals surface area contributed by atoms with E-state index < -0.39 is 0 Å². The summed E-state index contributed by atoms with van der Waals surface area (Å²) in [5.74, 6) is 0.568. The summed E-state index contributed by atoms with van der Waals surface area (Å²) in [6, 6.07) is 5.96. The van der Waals surface area contributed by atoms with Gasteiger partial charge in [0, 0.05) is 25.8 Å². The van der Waals surface area contributed by atoms with Gasteiger partial charge in [0.05, 0.1) is 5.56 Å². The van der Waals surface area contributed by atoms with E-state index in [1.54, 1.807) is 4.90 Å². The maximum absolute atomic E-state index is 12.5. The molecule has 1 N–H and O–H groups in total. The van der Waals surface area contributed by atoms with Crippen molar-refractivity contribution in [3.8, 4) is 0 Å². The van der Waals surface area contributed by atoms with Gasteiger partial charge in [-0.3, -0.25) is 4.79 Å². The van der Waals surface area contributed by atoms with Crippen LogP contribution < -0.4 is 5.32 Å². The summed E-state index contributed by atoms with van der Waals surface area (Å²) in [4.78, 5) is 14.3. The number of anilines is 1. The molecule has 0 saturated carbocycles. The standard InChI is InChI=1S/C16H26N2O/c1-6-9-17-15-10-13(4)7-8-14(15)16(19)18(5)11-12(2)3/h7-8,10,12,17H,6,9,11H2,1-5H3. The molecule has 1 amide bonds. The molecule has 0 saturated heterocycles. The number of carbonyl (C=O) groups excluding carboxylic acids is 1. The van der Waals surface area contributed by atoms with E-state index in [-0.39, 0.29) is 5.91 Å². The van der Waals surface area contributed by atoms with Gasteiger partial charge in [-0.1, -0.05) is 26.8 Å². The summed E-state index contributed by atoms with van der Waals surface area (Å²) in [7, 11) is 1.87. The van der Waals surface area contributed by atoms with E-state index >= 15 is 0 Å². The topological polar surface area (TPSA) is 32.3 Å². The maximum atomic E-state index is 12.5. The Morgan fingerprint density at radius 1 is 1.37 bits per heavy atom. The first-order valence-corrected chi connectivity index (χ1v) is 7.05. The molecule has 3 heteroatoms. The third-order valence-electron chi connectivity index (χ3n) is 2.96. The number of hydrogen-bond donors (Lipinski definition) is 1. The minimum Gasteiger partial charge on any atom is -0.384 e. The van der Waals surface area contributed by atoms with E-state index in [1.165, 1.54) is 5.56 Å². The van der Waals surface area contributed by atoms with Gasteiger partial charge in [0.1, 0.15) is 0 Å². The van der Waals surface area contributed by atoms with Crippen molar-refractivity contribution in [3.05, 3.63) is 29.3 Å². The lowest BCUT2D eigenvalue weighted by molar-refractivity contribution is 0.0780. The Kier molecular flexibility index (Phi) is 5.87. The summed E-state index contributed by atoms with van der Waals surface area (Å²) in [5.41, 5.74) is 2.88. The molecule has 3 nitrogen and oxygen atoms in total. The number of aryl methyl sites for hydroxylation is 1. The molecule has 1 rings (SSSR count). The first-order chi connectivity index (χ1) is 8.95. The van der Waals surface area contributed by atoms with E-state index in [0.29, 0.717) is 5.92 Å². The van der Waals surface area contributed by atoms with Gasteiger partial charge in [0.25, 0.3) is 5.91 Å². The van der Waals surface area contributed by atoms with E-state index in [9.17, 15) is 4.79 Å². The van der Waals surface area contributed by atoms with Crippen molar-refractivity contribution in [1.82, 2.24) is 4.90 Å². The average molecular weight is 262 g/mol.